The third-order valence-electron chi connectivity index (χ3n) is 3.72. The first kappa shape index (κ1) is 12.1. The fourth-order valence-corrected chi connectivity index (χ4v) is 2.73. The Bertz CT molecular complexity index is 826. The number of nitriles is 1. The van der Waals surface area contributed by atoms with Crippen LogP contribution in [0.25, 0.3) is 22.1 Å². The normalized spacial score (nSPS) is 18.6. The van der Waals surface area contributed by atoms with Gasteiger partial charge in [0, 0.05) is 11.6 Å². The van der Waals surface area contributed by atoms with Gasteiger partial charge in [-0.25, -0.2) is 14.6 Å². The minimum Gasteiger partial charge on any atom is -0.346 e. The average Bonchev–Trinajstić information content (AvgIpc) is 3.21. The molecule has 4 heterocycles. The van der Waals surface area contributed by atoms with Gasteiger partial charge in [0.15, 0.2) is 0 Å². The predicted octanol–water partition coefficient (Wildman–Crippen LogP) is -0.149. The van der Waals surface area contributed by atoms with E-state index in [1.54, 1.807) is 6.20 Å². The minimum atomic E-state index is 0.102. The van der Waals surface area contributed by atoms with E-state index < -0.39 is 0 Å². The van der Waals surface area contributed by atoms with Crippen LogP contribution in [-0.4, -0.2) is 45.6 Å². The molecule has 1 fully saturated rings. The lowest BCUT2D eigenvalue weighted by Gasteiger charge is -2.19. The maximum atomic E-state index is 8.63. The van der Waals surface area contributed by atoms with E-state index in [1.165, 1.54) is 0 Å². The summed E-state index contributed by atoms with van der Waals surface area (Å²) in [5.41, 5.74) is 2.77. The van der Waals surface area contributed by atoms with Gasteiger partial charge in [-0.2, -0.15) is 5.26 Å². The van der Waals surface area contributed by atoms with E-state index in [0.29, 0.717) is 13.2 Å². The molecule has 0 spiro atoms. The molecule has 3 aromatic heterocycles. The summed E-state index contributed by atoms with van der Waals surface area (Å²) in [6.45, 7) is 1.80. The third-order valence-corrected chi connectivity index (χ3v) is 3.72. The number of aromatic amines is 1. The van der Waals surface area contributed by atoms with Gasteiger partial charge in [-0.15, -0.1) is 0 Å². The predicted molar refractivity (Wildman–Crippen MR) is 77.9 cm³/mol. The monoisotopic (exact) mass is 282 g/mol. The Labute approximate surface area is 120 Å². The summed E-state index contributed by atoms with van der Waals surface area (Å²) in [7, 11) is 0. The summed E-state index contributed by atoms with van der Waals surface area (Å²) < 4.78 is 2.05. The van der Waals surface area contributed by atoms with Crippen LogP contribution in [0, 0.1) is 11.3 Å². The van der Waals surface area contributed by atoms with E-state index in [1.807, 2.05) is 23.3 Å². The second-order valence-corrected chi connectivity index (χ2v) is 4.96. The Morgan fingerprint density at radius 3 is 3.33 bits per heavy atom. The zero-order chi connectivity index (χ0) is 14.2. The minimum absolute atomic E-state index is 0.102. The molecular formula is C13H14N8. The highest BCUT2D eigenvalue weighted by molar-refractivity contribution is 6.01. The molecule has 1 aliphatic rings. The molecular weight excluding hydrogens is 268 g/mol. The van der Waals surface area contributed by atoms with Crippen molar-refractivity contribution in [2.75, 3.05) is 24.8 Å². The number of H-pyrrole nitrogens is 1. The van der Waals surface area contributed by atoms with Crippen LogP contribution >= 0.6 is 0 Å². The van der Waals surface area contributed by atoms with Gasteiger partial charge < -0.3 is 4.98 Å². The number of imidazole rings is 1. The van der Waals surface area contributed by atoms with Crippen LogP contribution in [-0.2, 0) is 0 Å². The number of hydrogen-bond donors (Lipinski definition) is 3. The van der Waals surface area contributed by atoms with Crippen LogP contribution in [0.5, 0.6) is 0 Å². The molecule has 0 amide bonds. The number of fused-ring (bicyclic) bond motifs is 3. The number of aromatic nitrogens is 4. The lowest BCUT2D eigenvalue weighted by atomic mass is 10.3. The summed E-state index contributed by atoms with van der Waals surface area (Å²) in [5, 5.41) is 18.3. The quantitative estimate of drug-likeness (QED) is 0.578. The van der Waals surface area contributed by atoms with Gasteiger partial charge in [-0.05, 0) is 6.07 Å². The van der Waals surface area contributed by atoms with Crippen molar-refractivity contribution in [3.63, 3.8) is 0 Å². The molecule has 3 aromatic rings. The molecule has 4 rings (SSSR count). The van der Waals surface area contributed by atoms with Crippen LogP contribution in [0.3, 0.4) is 0 Å². The van der Waals surface area contributed by atoms with Gasteiger partial charge in [-0.1, -0.05) is 0 Å². The standard InChI is InChI=1S/C13H14N8/c14-2-4-15-11-6-20(7-19-11)21-8-18-10-5-17-13-9(12(10)21)1-3-16-13/h1,3,5,8,11,15,19H,4,6-7H2,(H,16,17). The van der Waals surface area contributed by atoms with Gasteiger partial charge in [0.1, 0.15) is 23.0 Å². The van der Waals surface area contributed by atoms with Crippen LogP contribution in [0.4, 0.5) is 0 Å². The largest absolute Gasteiger partial charge is 0.346 e. The van der Waals surface area contributed by atoms with E-state index in [-0.39, 0.29) is 6.17 Å². The highest BCUT2D eigenvalue weighted by Crippen LogP contribution is 2.22. The topological polar surface area (TPSA) is 97.6 Å². The van der Waals surface area contributed by atoms with E-state index >= 15 is 0 Å². The van der Waals surface area contributed by atoms with Crippen molar-refractivity contribution in [1.82, 2.24) is 30.3 Å². The zero-order valence-electron chi connectivity index (χ0n) is 11.2. The molecule has 0 aliphatic carbocycles. The Morgan fingerprint density at radius 2 is 2.43 bits per heavy atom. The van der Waals surface area contributed by atoms with Gasteiger partial charge in [0.2, 0.25) is 0 Å². The van der Waals surface area contributed by atoms with Crippen molar-refractivity contribution in [2.45, 2.75) is 6.17 Å². The maximum Gasteiger partial charge on any atom is 0.139 e. The molecule has 1 unspecified atom stereocenters. The van der Waals surface area contributed by atoms with E-state index in [4.69, 9.17) is 5.26 Å². The molecule has 1 saturated heterocycles. The molecule has 0 bridgehead atoms. The lowest BCUT2D eigenvalue weighted by molar-refractivity contribution is 0.532. The molecule has 1 atom stereocenters. The first-order valence-electron chi connectivity index (χ1n) is 6.75. The fourth-order valence-electron chi connectivity index (χ4n) is 2.73. The third kappa shape index (κ3) is 1.91. The molecule has 106 valence electrons. The number of pyridine rings is 1. The average molecular weight is 282 g/mol. The molecule has 0 radical (unpaired) electrons. The van der Waals surface area contributed by atoms with Gasteiger partial charge >= 0.3 is 0 Å². The van der Waals surface area contributed by atoms with Crippen molar-refractivity contribution in [1.29, 1.82) is 5.26 Å². The SMILES string of the molecule is N#CCNC1CN(n2cnc3cnc4[nH]ccc4c32)CN1. The summed E-state index contributed by atoms with van der Waals surface area (Å²) >= 11 is 0. The summed E-state index contributed by atoms with van der Waals surface area (Å²) in [4.78, 5) is 11.9. The lowest BCUT2D eigenvalue weighted by Crippen LogP contribution is -2.40. The molecule has 3 N–H and O–H groups in total. The number of hydrogen-bond acceptors (Lipinski definition) is 6. The molecule has 8 nitrogen and oxygen atoms in total. The first-order valence-corrected chi connectivity index (χ1v) is 6.75. The van der Waals surface area contributed by atoms with E-state index in [2.05, 4.69) is 36.7 Å². The Kier molecular flexibility index (Phi) is 2.73. The van der Waals surface area contributed by atoms with E-state index in [9.17, 15) is 0 Å². The highest BCUT2D eigenvalue weighted by atomic mass is 15.6. The number of nitrogens with one attached hydrogen (secondary N) is 3. The van der Waals surface area contributed by atoms with Crippen LogP contribution < -0.4 is 15.6 Å². The Morgan fingerprint density at radius 1 is 1.48 bits per heavy atom. The van der Waals surface area contributed by atoms with E-state index in [0.717, 1.165) is 28.6 Å². The molecule has 0 aromatic carbocycles. The summed E-state index contributed by atoms with van der Waals surface area (Å²) in [5.74, 6) is 0. The second kappa shape index (κ2) is 4.73. The second-order valence-electron chi connectivity index (χ2n) is 4.96. The smallest absolute Gasteiger partial charge is 0.139 e. The van der Waals surface area contributed by atoms with Crippen molar-refractivity contribution >= 4 is 22.1 Å². The van der Waals surface area contributed by atoms with Crippen molar-refractivity contribution < 1.29 is 0 Å². The summed E-state index contributed by atoms with van der Waals surface area (Å²) in [6, 6.07) is 4.11. The zero-order valence-corrected chi connectivity index (χ0v) is 11.2. The fraction of sp³-hybridized carbons (Fsp3) is 0.308. The van der Waals surface area contributed by atoms with Crippen molar-refractivity contribution in [2.24, 2.45) is 0 Å². The number of nitrogens with zero attached hydrogens (tertiary/aromatic N) is 5. The van der Waals surface area contributed by atoms with Crippen LogP contribution in [0.15, 0.2) is 24.8 Å². The van der Waals surface area contributed by atoms with Crippen molar-refractivity contribution in [3.05, 3.63) is 24.8 Å². The van der Waals surface area contributed by atoms with Gasteiger partial charge in [0.05, 0.1) is 38.2 Å². The maximum absolute atomic E-state index is 8.63. The molecule has 1 aliphatic heterocycles. The molecule has 0 saturated carbocycles. The molecule has 8 heteroatoms. The number of rotatable bonds is 3. The molecule has 21 heavy (non-hydrogen) atoms. The van der Waals surface area contributed by atoms with Gasteiger partial charge in [0.25, 0.3) is 0 Å². The van der Waals surface area contributed by atoms with Crippen LogP contribution in [0.2, 0.25) is 0 Å². The summed E-state index contributed by atoms with van der Waals surface area (Å²) in [6.07, 6.45) is 5.58. The van der Waals surface area contributed by atoms with Crippen molar-refractivity contribution in [3.8, 4) is 6.07 Å². The van der Waals surface area contributed by atoms with Gasteiger partial charge in [-0.3, -0.25) is 15.6 Å². The van der Waals surface area contributed by atoms with Crippen LogP contribution in [0.1, 0.15) is 0 Å². The Hall–Kier alpha value is -2.63. The highest BCUT2D eigenvalue weighted by Gasteiger charge is 2.23. The first-order chi connectivity index (χ1) is 10.4. The Balaban J connectivity index is 1.71.